The number of carbonyl (C=O) groups is 1. The van der Waals surface area contributed by atoms with Crippen LogP contribution in [0.1, 0.15) is 18.4 Å². The molecule has 2 aromatic carbocycles. The molecule has 2 unspecified atom stereocenters. The lowest BCUT2D eigenvalue weighted by Crippen LogP contribution is -2.43. The van der Waals surface area contributed by atoms with E-state index in [2.05, 4.69) is 15.4 Å². The van der Waals surface area contributed by atoms with Crippen molar-refractivity contribution < 1.29 is 27.4 Å². The predicted molar refractivity (Wildman–Crippen MR) is 141 cm³/mol. The van der Waals surface area contributed by atoms with Crippen molar-refractivity contribution in [2.24, 2.45) is 0 Å². The predicted octanol–water partition coefficient (Wildman–Crippen LogP) is 4.29. The number of hydrogen-bond donors (Lipinski definition) is 2. The first-order valence-corrected chi connectivity index (χ1v) is 12.8. The highest BCUT2D eigenvalue weighted by atomic mass is 19.4. The molecule has 0 radical (unpaired) electrons. The van der Waals surface area contributed by atoms with Crippen molar-refractivity contribution in [3.8, 4) is 17.1 Å². The van der Waals surface area contributed by atoms with Crippen molar-refractivity contribution >= 4 is 28.6 Å². The number of rotatable bonds is 6. The second kappa shape index (κ2) is 10.3. The Morgan fingerprint density at radius 1 is 1.10 bits per heavy atom. The number of ether oxygens (including phenoxy) is 2. The minimum absolute atomic E-state index is 0.0549. The first-order chi connectivity index (χ1) is 19.2. The molecule has 0 aliphatic carbocycles. The van der Waals surface area contributed by atoms with E-state index in [1.54, 1.807) is 42.5 Å². The highest BCUT2D eigenvalue weighted by Crippen LogP contribution is 2.34. The second-order valence-corrected chi connectivity index (χ2v) is 9.90. The molecular formula is C27H26F3N7O3. The Balaban J connectivity index is 1.25. The van der Waals surface area contributed by atoms with Gasteiger partial charge in [-0.2, -0.15) is 18.3 Å². The molecule has 2 aromatic heterocycles. The zero-order valence-corrected chi connectivity index (χ0v) is 21.3. The summed E-state index contributed by atoms with van der Waals surface area (Å²) in [4.78, 5) is 23.5. The van der Waals surface area contributed by atoms with Crippen LogP contribution in [-0.4, -0.2) is 57.3 Å². The van der Waals surface area contributed by atoms with Crippen LogP contribution < -0.4 is 20.7 Å². The summed E-state index contributed by atoms with van der Waals surface area (Å²) in [6, 6.07) is 13.6. The Bertz CT molecular complexity index is 1530. The van der Waals surface area contributed by atoms with Crippen LogP contribution in [0, 0.1) is 0 Å². The molecule has 2 atom stereocenters. The molecule has 208 valence electrons. The third kappa shape index (κ3) is 5.64. The number of halogens is 3. The van der Waals surface area contributed by atoms with Crippen molar-refractivity contribution in [3.63, 3.8) is 0 Å². The number of benzene rings is 2. The van der Waals surface area contributed by atoms with Crippen LogP contribution in [0.25, 0.3) is 22.4 Å². The molecule has 4 heterocycles. The number of nitrogens with one attached hydrogen (secondary N) is 1. The summed E-state index contributed by atoms with van der Waals surface area (Å²) in [7, 11) is 0. The molecule has 6 rings (SSSR count). The zero-order chi connectivity index (χ0) is 27.9. The van der Waals surface area contributed by atoms with Crippen LogP contribution in [-0.2, 0) is 17.8 Å². The Labute approximate surface area is 226 Å². The van der Waals surface area contributed by atoms with Gasteiger partial charge in [0.2, 0.25) is 0 Å². The minimum atomic E-state index is -4.46. The summed E-state index contributed by atoms with van der Waals surface area (Å²) in [6.45, 7) is 0.152. The Kier molecular flexibility index (Phi) is 6.66. The summed E-state index contributed by atoms with van der Waals surface area (Å²) < 4.78 is 51.9. The van der Waals surface area contributed by atoms with Gasteiger partial charge in [0.1, 0.15) is 18.1 Å². The molecule has 0 saturated carbocycles. The van der Waals surface area contributed by atoms with E-state index in [-0.39, 0.29) is 36.0 Å². The standard InChI is InChI=1S/C27H26F3N7O3/c28-27(29,30)15-37-25-22(12-33-37)24(36-13-20-8-9-21(14-36)39-20)34-23(35-25)17-4-6-19(7-5-17)40-26(38)32-11-16-2-1-3-18(31)10-16/h1-7,10,12,20-21H,8-9,11,13-15,31H2,(H,32,38). The van der Waals surface area contributed by atoms with Gasteiger partial charge in [-0.1, -0.05) is 12.1 Å². The van der Waals surface area contributed by atoms with Gasteiger partial charge in [-0.05, 0) is 54.8 Å². The number of fused-ring (bicyclic) bond motifs is 3. The lowest BCUT2D eigenvalue weighted by molar-refractivity contribution is -0.141. The topological polar surface area (TPSA) is 120 Å². The van der Waals surface area contributed by atoms with Crippen LogP contribution in [0.5, 0.6) is 5.75 Å². The molecule has 0 spiro atoms. The van der Waals surface area contributed by atoms with Crippen molar-refractivity contribution in [3.05, 3.63) is 60.3 Å². The molecule has 10 nitrogen and oxygen atoms in total. The molecule has 2 saturated heterocycles. The average Bonchev–Trinajstić information content (AvgIpc) is 3.47. The average molecular weight is 554 g/mol. The monoisotopic (exact) mass is 553 g/mol. The van der Waals surface area contributed by atoms with Gasteiger partial charge in [-0.25, -0.2) is 19.4 Å². The number of nitrogens with two attached hydrogens (primary N) is 1. The molecule has 2 aliphatic heterocycles. The molecule has 3 N–H and O–H groups in total. The molecule has 1 amide bonds. The van der Waals surface area contributed by atoms with E-state index in [1.165, 1.54) is 6.20 Å². The first kappa shape index (κ1) is 25.9. The van der Waals surface area contributed by atoms with Crippen LogP contribution in [0.4, 0.5) is 29.5 Å². The number of nitrogens with zero attached hydrogens (tertiary/aromatic N) is 5. The molecule has 2 aliphatic rings. The van der Waals surface area contributed by atoms with E-state index >= 15 is 0 Å². The van der Waals surface area contributed by atoms with E-state index in [9.17, 15) is 18.0 Å². The summed E-state index contributed by atoms with van der Waals surface area (Å²) in [6.07, 6.45) is -1.74. The Morgan fingerprint density at radius 3 is 2.55 bits per heavy atom. The molecule has 4 aromatic rings. The van der Waals surface area contributed by atoms with Crippen molar-refractivity contribution in [1.29, 1.82) is 0 Å². The van der Waals surface area contributed by atoms with E-state index in [0.717, 1.165) is 23.1 Å². The third-order valence-corrected chi connectivity index (χ3v) is 6.86. The lowest BCUT2D eigenvalue weighted by Gasteiger charge is -2.33. The number of morpholine rings is 1. The summed E-state index contributed by atoms with van der Waals surface area (Å²) >= 11 is 0. The Morgan fingerprint density at radius 2 is 1.85 bits per heavy atom. The number of anilines is 2. The first-order valence-electron chi connectivity index (χ1n) is 12.8. The fourth-order valence-corrected chi connectivity index (χ4v) is 5.08. The number of carbonyl (C=O) groups excluding carboxylic acids is 1. The number of hydrogen-bond acceptors (Lipinski definition) is 8. The van der Waals surface area contributed by atoms with Gasteiger partial charge in [0.05, 0.1) is 23.8 Å². The maximum Gasteiger partial charge on any atom is 0.412 e. The third-order valence-electron chi connectivity index (χ3n) is 6.86. The number of nitrogen functional groups attached to an aromatic ring is 1. The highest BCUT2D eigenvalue weighted by molar-refractivity contribution is 5.89. The molecular weight excluding hydrogens is 527 g/mol. The van der Waals surface area contributed by atoms with Gasteiger partial charge in [-0.3, -0.25) is 0 Å². The quantitative estimate of drug-likeness (QED) is 0.339. The van der Waals surface area contributed by atoms with Crippen LogP contribution in [0.2, 0.25) is 0 Å². The van der Waals surface area contributed by atoms with Crippen LogP contribution >= 0.6 is 0 Å². The van der Waals surface area contributed by atoms with Gasteiger partial charge in [-0.15, -0.1) is 0 Å². The summed E-state index contributed by atoms with van der Waals surface area (Å²) in [5.74, 6) is 1.04. The van der Waals surface area contributed by atoms with E-state index in [1.807, 2.05) is 11.0 Å². The van der Waals surface area contributed by atoms with E-state index in [4.69, 9.17) is 20.2 Å². The largest absolute Gasteiger partial charge is 0.412 e. The number of amides is 1. The van der Waals surface area contributed by atoms with Crippen LogP contribution in [0.3, 0.4) is 0 Å². The van der Waals surface area contributed by atoms with Gasteiger partial charge < -0.3 is 25.4 Å². The van der Waals surface area contributed by atoms with Crippen molar-refractivity contribution in [2.45, 2.75) is 44.3 Å². The molecule has 40 heavy (non-hydrogen) atoms. The van der Waals surface area contributed by atoms with Crippen molar-refractivity contribution in [1.82, 2.24) is 25.1 Å². The Hall–Kier alpha value is -4.39. The molecule has 2 fully saturated rings. The van der Waals surface area contributed by atoms with Crippen molar-refractivity contribution in [2.75, 3.05) is 23.7 Å². The summed E-state index contributed by atoms with van der Waals surface area (Å²) in [5, 5.41) is 7.09. The molecule has 2 bridgehead atoms. The SMILES string of the molecule is Nc1cccc(CNC(=O)Oc2ccc(-c3nc(N4CC5CCC(C4)O5)c4cnn(CC(F)(F)F)c4n3)cc2)c1. The number of alkyl halides is 3. The van der Waals surface area contributed by atoms with Gasteiger partial charge in [0.15, 0.2) is 11.5 Å². The normalized spacial score (nSPS) is 18.7. The van der Waals surface area contributed by atoms with E-state index in [0.29, 0.717) is 35.5 Å². The number of aromatic nitrogens is 4. The summed E-state index contributed by atoms with van der Waals surface area (Å²) in [5.41, 5.74) is 7.82. The maximum absolute atomic E-state index is 13.3. The van der Waals surface area contributed by atoms with Crippen LogP contribution in [0.15, 0.2) is 54.7 Å². The fraction of sp³-hybridized carbons (Fsp3) is 0.333. The molecule has 13 heteroatoms. The highest BCUT2D eigenvalue weighted by Gasteiger charge is 2.36. The fourth-order valence-electron chi connectivity index (χ4n) is 5.08. The van der Waals surface area contributed by atoms with Gasteiger partial charge >= 0.3 is 12.3 Å². The zero-order valence-electron chi connectivity index (χ0n) is 21.3. The smallest absolute Gasteiger partial charge is 0.410 e. The van der Waals surface area contributed by atoms with Gasteiger partial charge in [0, 0.05) is 30.9 Å². The minimum Gasteiger partial charge on any atom is -0.410 e. The lowest BCUT2D eigenvalue weighted by atomic mass is 10.2. The maximum atomic E-state index is 13.3. The van der Waals surface area contributed by atoms with E-state index < -0.39 is 18.8 Å². The second-order valence-electron chi connectivity index (χ2n) is 9.90. The van der Waals surface area contributed by atoms with Gasteiger partial charge in [0.25, 0.3) is 0 Å².